The van der Waals surface area contributed by atoms with E-state index in [1.165, 1.54) is 11.8 Å². The van der Waals surface area contributed by atoms with E-state index in [2.05, 4.69) is 4.99 Å². The highest BCUT2D eigenvalue weighted by molar-refractivity contribution is 8.18. The van der Waals surface area contributed by atoms with E-state index < -0.39 is 5.97 Å². The summed E-state index contributed by atoms with van der Waals surface area (Å²) in [7, 11) is 0. The van der Waals surface area contributed by atoms with Gasteiger partial charge in [-0.25, -0.2) is 9.79 Å². The first kappa shape index (κ1) is 25.2. The quantitative estimate of drug-likeness (QED) is 0.410. The summed E-state index contributed by atoms with van der Waals surface area (Å²) in [5, 5.41) is 11.3. The molecule has 0 atom stereocenters. The molecule has 0 amide bonds. The van der Waals surface area contributed by atoms with Crippen LogP contribution in [0, 0.1) is 0 Å². The molecule has 0 unspecified atom stereocenters. The number of benzene rings is 2. The van der Waals surface area contributed by atoms with Gasteiger partial charge in [-0.15, -0.1) is 0 Å². The number of aliphatic hydroxyl groups excluding tert-OH is 1. The van der Waals surface area contributed by atoms with E-state index in [0.29, 0.717) is 47.0 Å². The molecule has 2 aromatic rings. The van der Waals surface area contributed by atoms with Crippen LogP contribution in [0.2, 0.25) is 0 Å². The third-order valence-corrected chi connectivity index (χ3v) is 5.63. The number of rotatable bonds is 10. The van der Waals surface area contributed by atoms with Crippen molar-refractivity contribution in [2.75, 3.05) is 26.4 Å². The summed E-state index contributed by atoms with van der Waals surface area (Å²) in [4.78, 5) is 17.7. The van der Waals surface area contributed by atoms with Crippen LogP contribution < -0.4 is 14.2 Å². The van der Waals surface area contributed by atoms with Gasteiger partial charge in [0.25, 0.3) is 0 Å². The first-order valence-electron chi connectivity index (χ1n) is 11.2. The number of nitrogens with zero attached hydrogens (tertiary/aromatic N) is 1. The monoisotopic (exact) mass is 483 g/mol. The number of ether oxygens (including phenoxy) is 4. The van der Waals surface area contributed by atoms with Crippen molar-refractivity contribution in [3.05, 3.63) is 64.3 Å². The van der Waals surface area contributed by atoms with Gasteiger partial charge in [-0.1, -0.05) is 17.8 Å². The van der Waals surface area contributed by atoms with Crippen molar-refractivity contribution >= 4 is 34.5 Å². The molecule has 1 aliphatic rings. The molecule has 34 heavy (non-hydrogen) atoms. The van der Waals surface area contributed by atoms with E-state index in [0.717, 1.165) is 11.3 Å². The molecule has 1 aliphatic heterocycles. The van der Waals surface area contributed by atoms with Crippen LogP contribution in [0.1, 0.15) is 33.3 Å². The van der Waals surface area contributed by atoms with Crippen LogP contribution in [0.25, 0.3) is 6.08 Å². The van der Waals surface area contributed by atoms with E-state index in [4.69, 9.17) is 18.9 Å². The third-order valence-electron chi connectivity index (χ3n) is 4.61. The van der Waals surface area contributed by atoms with Gasteiger partial charge < -0.3 is 24.1 Å². The van der Waals surface area contributed by atoms with Crippen LogP contribution in [0.5, 0.6) is 17.2 Å². The molecule has 2 aromatic carbocycles. The molecule has 0 bridgehead atoms. The highest BCUT2D eigenvalue weighted by Crippen LogP contribution is 2.41. The summed E-state index contributed by atoms with van der Waals surface area (Å²) < 4.78 is 22.0. The predicted molar refractivity (Wildman–Crippen MR) is 135 cm³/mol. The lowest BCUT2D eigenvalue weighted by atomic mass is 10.1. The van der Waals surface area contributed by atoms with E-state index in [9.17, 15) is 9.90 Å². The average molecular weight is 484 g/mol. The van der Waals surface area contributed by atoms with Gasteiger partial charge in [0.05, 0.1) is 37.0 Å². The second-order valence-electron chi connectivity index (χ2n) is 6.97. The fourth-order valence-corrected chi connectivity index (χ4v) is 4.24. The SMILES string of the molecule is CCOC(=O)C1=C(O)/C(=C/c2ccc(OCC)c(OCC)c2)SC1=Nc1ccc(OCC)cc1. The van der Waals surface area contributed by atoms with Gasteiger partial charge in [0.15, 0.2) is 11.5 Å². The molecule has 0 aromatic heterocycles. The minimum Gasteiger partial charge on any atom is -0.506 e. The summed E-state index contributed by atoms with van der Waals surface area (Å²) in [6, 6.07) is 12.7. The molecule has 180 valence electrons. The number of aliphatic hydroxyl groups is 1. The molecule has 0 aliphatic carbocycles. The summed E-state index contributed by atoms with van der Waals surface area (Å²) >= 11 is 1.20. The Bertz CT molecular complexity index is 1100. The number of carbonyl (C=O) groups is 1. The van der Waals surface area contributed by atoms with Crippen molar-refractivity contribution in [1.29, 1.82) is 0 Å². The zero-order chi connectivity index (χ0) is 24.5. The standard InChI is InChI=1S/C26H29NO6S/c1-5-30-19-12-10-18(11-13-19)27-25-23(26(29)33-8-4)24(28)22(34-25)16-17-9-14-20(31-6-2)21(15-17)32-7-3/h9-16,28H,5-8H2,1-4H3/b22-16-,27-25?. The molecule has 1 N–H and O–H groups in total. The van der Waals surface area contributed by atoms with E-state index >= 15 is 0 Å². The van der Waals surface area contributed by atoms with Gasteiger partial charge in [-0.3, -0.25) is 0 Å². The maximum absolute atomic E-state index is 12.6. The molecule has 0 fully saturated rings. The Morgan fingerprint density at radius 1 is 0.912 bits per heavy atom. The summed E-state index contributed by atoms with van der Waals surface area (Å²) in [6.45, 7) is 9.21. The minimum atomic E-state index is -0.623. The van der Waals surface area contributed by atoms with E-state index in [1.54, 1.807) is 25.1 Å². The van der Waals surface area contributed by atoms with Crippen LogP contribution in [0.15, 0.2) is 63.7 Å². The highest BCUT2D eigenvalue weighted by atomic mass is 32.2. The fraction of sp³-hybridized carbons (Fsp3) is 0.308. The van der Waals surface area contributed by atoms with Crippen LogP contribution in [0.3, 0.4) is 0 Å². The van der Waals surface area contributed by atoms with Crippen LogP contribution in [0.4, 0.5) is 5.69 Å². The Morgan fingerprint density at radius 3 is 2.24 bits per heavy atom. The number of aliphatic imine (C=N–C) groups is 1. The van der Waals surface area contributed by atoms with Crippen molar-refractivity contribution in [2.24, 2.45) is 4.99 Å². The van der Waals surface area contributed by atoms with Gasteiger partial charge in [-0.2, -0.15) is 0 Å². The number of carbonyl (C=O) groups excluding carboxylic acids is 1. The molecule has 0 radical (unpaired) electrons. The van der Waals surface area contributed by atoms with Crippen molar-refractivity contribution in [1.82, 2.24) is 0 Å². The van der Waals surface area contributed by atoms with Gasteiger partial charge in [0.2, 0.25) is 0 Å². The Morgan fingerprint density at radius 2 is 1.59 bits per heavy atom. The lowest BCUT2D eigenvalue weighted by Gasteiger charge is -2.11. The molecule has 8 heteroatoms. The predicted octanol–water partition coefficient (Wildman–Crippen LogP) is 6.08. The molecule has 7 nitrogen and oxygen atoms in total. The maximum atomic E-state index is 12.6. The third kappa shape index (κ3) is 6.14. The number of thioether (sulfide) groups is 1. The maximum Gasteiger partial charge on any atom is 0.344 e. The van der Waals surface area contributed by atoms with Crippen LogP contribution in [-0.4, -0.2) is 42.5 Å². The van der Waals surface area contributed by atoms with Gasteiger partial charge in [0.1, 0.15) is 22.1 Å². The van der Waals surface area contributed by atoms with Gasteiger partial charge >= 0.3 is 5.97 Å². The van der Waals surface area contributed by atoms with Crippen molar-refractivity contribution in [2.45, 2.75) is 27.7 Å². The Kier molecular flexibility index (Phi) is 9.04. The molecule has 0 spiro atoms. The minimum absolute atomic E-state index is 0.0444. The smallest absolute Gasteiger partial charge is 0.344 e. The average Bonchev–Trinajstić information content (AvgIpc) is 3.12. The normalized spacial score (nSPS) is 15.6. The van der Waals surface area contributed by atoms with E-state index in [1.807, 2.05) is 51.1 Å². The topological polar surface area (TPSA) is 86.6 Å². The molecule has 0 saturated carbocycles. The van der Waals surface area contributed by atoms with E-state index in [-0.39, 0.29) is 17.9 Å². The molecule has 1 heterocycles. The Balaban J connectivity index is 1.98. The van der Waals surface area contributed by atoms with Crippen molar-refractivity contribution < 1.29 is 28.8 Å². The molecular formula is C26H29NO6S. The van der Waals surface area contributed by atoms with Gasteiger partial charge in [-0.05, 0) is 75.7 Å². The largest absolute Gasteiger partial charge is 0.506 e. The number of esters is 1. The fourth-order valence-electron chi connectivity index (χ4n) is 3.20. The lowest BCUT2D eigenvalue weighted by molar-refractivity contribution is -0.138. The van der Waals surface area contributed by atoms with Gasteiger partial charge in [0, 0.05) is 0 Å². The second kappa shape index (κ2) is 12.2. The second-order valence-corrected chi connectivity index (χ2v) is 8.00. The Labute approximate surface area is 204 Å². The summed E-state index contributed by atoms with van der Waals surface area (Å²) in [5.74, 6) is 1.20. The summed E-state index contributed by atoms with van der Waals surface area (Å²) in [6.07, 6.45) is 1.78. The molecule has 3 rings (SSSR count). The molecule has 0 saturated heterocycles. The first-order chi connectivity index (χ1) is 16.5. The summed E-state index contributed by atoms with van der Waals surface area (Å²) in [5.41, 5.74) is 1.45. The number of hydrogen-bond acceptors (Lipinski definition) is 8. The lowest BCUT2D eigenvalue weighted by Crippen LogP contribution is -2.12. The van der Waals surface area contributed by atoms with Crippen LogP contribution in [-0.2, 0) is 9.53 Å². The van der Waals surface area contributed by atoms with Crippen LogP contribution >= 0.6 is 11.8 Å². The highest BCUT2D eigenvalue weighted by Gasteiger charge is 2.33. The first-order valence-corrected chi connectivity index (χ1v) is 12.0. The Hall–Kier alpha value is -3.39. The van der Waals surface area contributed by atoms with Crippen molar-refractivity contribution in [3.8, 4) is 17.2 Å². The zero-order valence-electron chi connectivity index (χ0n) is 19.8. The molecular weight excluding hydrogens is 454 g/mol. The number of hydrogen-bond donors (Lipinski definition) is 1. The van der Waals surface area contributed by atoms with Crippen molar-refractivity contribution in [3.63, 3.8) is 0 Å². The zero-order valence-corrected chi connectivity index (χ0v) is 20.6.